The molecule has 0 N–H and O–H groups in total. The number of rotatable bonds is 3. The van der Waals surface area contributed by atoms with Crippen LogP contribution in [0, 0.1) is 0 Å². The molecule has 0 bridgehead atoms. The highest BCUT2D eigenvalue weighted by molar-refractivity contribution is 9.10. The summed E-state index contributed by atoms with van der Waals surface area (Å²) >= 11 is 3.33. The van der Waals surface area contributed by atoms with Gasteiger partial charge in [-0.1, -0.05) is 18.2 Å². The average Bonchev–Trinajstić information content (AvgIpc) is 2.88. The van der Waals surface area contributed by atoms with Crippen molar-refractivity contribution in [2.24, 2.45) is 0 Å². The molecular formula is C13H9BrN4O. The van der Waals surface area contributed by atoms with Crippen LogP contribution in [0.15, 0.2) is 59.6 Å². The van der Waals surface area contributed by atoms with Crippen molar-refractivity contribution >= 4 is 15.9 Å². The van der Waals surface area contributed by atoms with Crippen LogP contribution in [0.1, 0.15) is 0 Å². The smallest absolute Gasteiger partial charge is 0.341 e. The average molecular weight is 317 g/mol. The van der Waals surface area contributed by atoms with Gasteiger partial charge < -0.3 is 4.74 Å². The van der Waals surface area contributed by atoms with Crippen molar-refractivity contribution in [3.63, 3.8) is 0 Å². The summed E-state index contributed by atoms with van der Waals surface area (Å²) in [7, 11) is 0. The van der Waals surface area contributed by atoms with Gasteiger partial charge in [0, 0.05) is 10.7 Å². The molecule has 0 aliphatic heterocycles. The predicted molar refractivity (Wildman–Crippen MR) is 73.4 cm³/mol. The van der Waals surface area contributed by atoms with Crippen molar-refractivity contribution in [2.75, 3.05) is 0 Å². The maximum atomic E-state index is 5.53. The molecule has 2 aromatic heterocycles. The molecule has 0 radical (unpaired) electrons. The molecule has 19 heavy (non-hydrogen) atoms. The number of nitrogens with zero attached hydrogens (tertiary/aromatic N) is 4. The molecule has 0 spiro atoms. The highest BCUT2D eigenvalue weighted by Gasteiger charge is 2.05. The Morgan fingerprint density at radius 1 is 1.11 bits per heavy atom. The minimum atomic E-state index is 0.281. The van der Waals surface area contributed by atoms with Crippen LogP contribution >= 0.6 is 15.9 Å². The lowest BCUT2D eigenvalue weighted by atomic mass is 10.3. The monoisotopic (exact) mass is 316 g/mol. The van der Waals surface area contributed by atoms with Crippen LogP contribution in [-0.2, 0) is 0 Å². The Morgan fingerprint density at radius 2 is 1.95 bits per heavy atom. The molecule has 3 rings (SSSR count). The Morgan fingerprint density at radius 3 is 2.74 bits per heavy atom. The Hall–Kier alpha value is -2.21. The number of hydrogen-bond acceptors (Lipinski definition) is 4. The molecule has 6 heteroatoms. The van der Waals surface area contributed by atoms with E-state index < -0.39 is 0 Å². The van der Waals surface area contributed by atoms with Crippen LogP contribution in [-0.4, -0.2) is 19.7 Å². The third kappa shape index (κ3) is 2.79. The van der Waals surface area contributed by atoms with E-state index >= 15 is 0 Å². The van der Waals surface area contributed by atoms with Crippen molar-refractivity contribution < 1.29 is 4.74 Å². The number of aromatic nitrogens is 4. The minimum absolute atomic E-state index is 0.281. The minimum Gasteiger partial charge on any atom is -0.422 e. The lowest BCUT2D eigenvalue weighted by Crippen LogP contribution is -1.94. The first-order valence-corrected chi connectivity index (χ1v) is 6.36. The number of hydrogen-bond donors (Lipinski definition) is 0. The molecule has 0 atom stereocenters. The number of benzene rings is 1. The summed E-state index contributed by atoms with van der Waals surface area (Å²) in [6.45, 7) is 0. The Kier molecular flexibility index (Phi) is 3.24. The van der Waals surface area contributed by atoms with Crippen molar-refractivity contribution in [2.45, 2.75) is 0 Å². The second-order valence-electron chi connectivity index (χ2n) is 3.75. The van der Waals surface area contributed by atoms with Crippen molar-refractivity contribution in [1.29, 1.82) is 0 Å². The summed E-state index contributed by atoms with van der Waals surface area (Å²) in [5.74, 6) is 0.584. The number of halogens is 1. The fourth-order valence-corrected chi connectivity index (χ4v) is 1.90. The van der Waals surface area contributed by atoms with Crippen molar-refractivity contribution in [3.05, 3.63) is 59.6 Å². The first-order valence-electron chi connectivity index (χ1n) is 5.57. The van der Waals surface area contributed by atoms with Crippen LogP contribution in [0.3, 0.4) is 0 Å². The molecule has 0 amide bonds. The van der Waals surface area contributed by atoms with E-state index in [2.05, 4.69) is 31.0 Å². The lowest BCUT2D eigenvalue weighted by Gasteiger charge is -2.00. The maximum absolute atomic E-state index is 5.53. The van der Waals surface area contributed by atoms with Gasteiger partial charge in [-0.25, -0.2) is 4.68 Å². The standard InChI is InChI=1S/C13H9BrN4O/c14-10-6-12(8-15-7-10)19-13-16-9-18(17-13)11-4-2-1-3-5-11/h1-9H. The third-order valence-electron chi connectivity index (χ3n) is 2.38. The summed E-state index contributed by atoms with van der Waals surface area (Å²) in [4.78, 5) is 8.12. The first kappa shape index (κ1) is 11.9. The van der Waals surface area contributed by atoms with Gasteiger partial charge in [0.15, 0.2) is 5.75 Å². The van der Waals surface area contributed by atoms with E-state index in [0.717, 1.165) is 10.2 Å². The second kappa shape index (κ2) is 5.19. The van der Waals surface area contributed by atoms with E-state index in [1.807, 2.05) is 30.3 Å². The van der Waals surface area contributed by atoms with E-state index in [-0.39, 0.29) is 6.01 Å². The van der Waals surface area contributed by atoms with Gasteiger partial charge in [-0.3, -0.25) is 4.98 Å². The lowest BCUT2D eigenvalue weighted by molar-refractivity contribution is 0.439. The SMILES string of the molecule is Brc1cncc(Oc2ncn(-c3ccccc3)n2)c1. The first-order chi connectivity index (χ1) is 9.31. The van der Waals surface area contributed by atoms with Crippen LogP contribution < -0.4 is 4.74 Å². The Balaban J connectivity index is 1.82. The highest BCUT2D eigenvalue weighted by Crippen LogP contribution is 2.20. The Bertz CT molecular complexity index is 684. The molecule has 0 unspecified atom stereocenters. The summed E-state index contributed by atoms with van der Waals surface area (Å²) in [5.41, 5.74) is 0.928. The summed E-state index contributed by atoms with van der Waals surface area (Å²) in [6, 6.07) is 11.8. The van der Waals surface area contributed by atoms with Gasteiger partial charge in [-0.15, -0.1) is 5.10 Å². The zero-order valence-electron chi connectivity index (χ0n) is 9.77. The van der Waals surface area contributed by atoms with Crippen LogP contribution in [0.25, 0.3) is 5.69 Å². The van der Waals surface area contributed by atoms with Gasteiger partial charge in [-0.2, -0.15) is 4.98 Å². The van der Waals surface area contributed by atoms with Gasteiger partial charge in [0.2, 0.25) is 0 Å². The molecule has 0 aliphatic carbocycles. The summed E-state index contributed by atoms with van der Waals surface area (Å²) in [5, 5.41) is 4.25. The quantitative estimate of drug-likeness (QED) is 0.744. The van der Waals surface area contributed by atoms with Crippen LogP contribution in [0.5, 0.6) is 11.8 Å². The number of pyridine rings is 1. The molecule has 0 aliphatic rings. The van der Waals surface area contributed by atoms with E-state index in [0.29, 0.717) is 5.75 Å². The van der Waals surface area contributed by atoms with E-state index in [4.69, 9.17) is 4.74 Å². The predicted octanol–water partition coefficient (Wildman–Crippen LogP) is 3.22. The van der Waals surface area contributed by atoms with E-state index in [9.17, 15) is 0 Å². The van der Waals surface area contributed by atoms with Crippen molar-refractivity contribution in [1.82, 2.24) is 19.7 Å². The molecule has 5 nitrogen and oxygen atoms in total. The molecule has 0 saturated heterocycles. The van der Waals surface area contributed by atoms with Gasteiger partial charge >= 0.3 is 6.01 Å². The summed E-state index contributed by atoms with van der Waals surface area (Å²) < 4.78 is 8.02. The van der Waals surface area contributed by atoms with Gasteiger partial charge in [-0.05, 0) is 34.1 Å². The van der Waals surface area contributed by atoms with E-state index in [1.165, 1.54) is 0 Å². The molecule has 0 fully saturated rings. The van der Waals surface area contributed by atoms with Crippen LogP contribution in [0.4, 0.5) is 0 Å². The molecule has 3 aromatic rings. The number of ether oxygens (including phenoxy) is 1. The zero-order chi connectivity index (χ0) is 13.1. The summed E-state index contributed by atoms with van der Waals surface area (Å²) in [6.07, 6.45) is 4.90. The van der Waals surface area contributed by atoms with Gasteiger partial charge in [0.05, 0.1) is 11.9 Å². The van der Waals surface area contributed by atoms with Crippen molar-refractivity contribution in [3.8, 4) is 17.4 Å². The fourth-order valence-electron chi connectivity index (χ4n) is 1.55. The molecule has 2 heterocycles. The second-order valence-corrected chi connectivity index (χ2v) is 4.66. The Labute approximate surface area is 118 Å². The topological polar surface area (TPSA) is 52.8 Å². The maximum Gasteiger partial charge on any atom is 0.341 e. The highest BCUT2D eigenvalue weighted by atomic mass is 79.9. The zero-order valence-corrected chi connectivity index (χ0v) is 11.4. The molecule has 0 saturated carbocycles. The van der Waals surface area contributed by atoms with E-state index in [1.54, 1.807) is 29.5 Å². The number of para-hydroxylation sites is 1. The fraction of sp³-hybridized carbons (Fsp3) is 0. The molecule has 1 aromatic carbocycles. The largest absolute Gasteiger partial charge is 0.422 e. The van der Waals surface area contributed by atoms with Gasteiger partial charge in [0.25, 0.3) is 0 Å². The molecule has 94 valence electrons. The van der Waals surface area contributed by atoms with Crippen LogP contribution in [0.2, 0.25) is 0 Å². The molecular weight excluding hydrogens is 308 g/mol. The van der Waals surface area contributed by atoms with Gasteiger partial charge in [0.1, 0.15) is 6.33 Å². The normalized spacial score (nSPS) is 10.4. The third-order valence-corrected chi connectivity index (χ3v) is 2.81.